The van der Waals surface area contributed by atoms with Crippen LogP contribution in [-0.4, -0.2) is 39.5 Å². The highest BCUT2D eigenvalue weighted by Gasteiger charge is 2.30. The summed E-state index contributed by atoms with van der Waals surface area (Å²) < 4.78 is 51.5. The molecule has 0 spiro atoms. The lowest BCUT2D eigenvalue weighted by molar-refractivity contribution is 0.176. The summed E-state index contributed by atoms with van der Waals surface area (Å²) in [4.78, 5) is 0.244. The van der Waals surface area contributed by atoms with Crippen LogP contribution in [0.2, 0.25) is 0 Å². The van der Waals surface area contributed by atoms with Gasteiger partial charge in [-0.05, 0) is 49.2 Å². The van der Waals surface area contributed by atoms with E-state index in [1.807, 2.05) is 0 Å². The highest BCUT2D eigenvalue weighted by atomic mass is 32.2. The molecule has 1 fully saturated rings. The molecule has 1 atom stereocenters. The van der Waals surface area contributed by atoms with Gasteiger partial charge >= 0.3 is 0 Å². The van der Waals surface area contributed by atoms with Gasteiger partial charge in [-0.2, -0.15) is 4.31 Å². The third-order valence-electron chi connectivity index (χ3n) is 4.49. The fourth-order valence-electron chi connectivity index (χ4n) is 3.05. The quantitative estimate of drug-likeness (QED) is 0.773. The lowest BCUT2D eigenvalue weighted by Gasteiger charge is -2.31. The van der Waals surface area contributed by atoms with E-state index in [2.05, 4.69) is 0 Å². The van der Waals surface area contributed by atoms with Crippen molar-refractivity contribution < 1.29 is 22.3 Å². The van der Waals surface area contributed by atoms with Gasteiger partial charge in [-0.15, -0.1) is 0 Å². The van der Waals surface area contributed by atoms with E-state index in [1.54, 1.807) is 42.5 Å². The molecule has 0 aromatic heterocycles. The largest absolute Gasteiger partial charge is 0.497 e. The third-order valence-corrected chi connectivity index (χ3v) is 6.37. The third kappa shape index (κ3) is 4.16. The van der Waals surface area contributed by atoms with Crippen LogP contribution in [-0.2, 0) is 10.0 Å². The Morgan fingerprint density at radius 2 is 1.88 bits per heavy atom. The van der Waals surface area contributed by atoms with Crippen LogP contribution in [0.1, 0.15) is 12.8 Å². The van der Waals surface area contributed by atoms with E-state index in [9.17, 15) is 12.8 Å². The highest BCUT2D eigenvalue weighted by molar-refractivity contribution is 7.89. The van der Waals surface area contributed by atoms with Gasteiger partial charge in [0.25, 0.3) is 0 Å². The van der Waals surface area contributed by atoms with Gasteiger partial charge in [0.1, 0.15) is 5.75 Å². The van der Waals surface area contributed by atoms with E-state index in [0.717, 1.165) is 12.8 Å². The van der Waals surface area contributed by atoms with E-state index < -0.39 is 15.8 Å². The van der Waals surface area contributed by atoms with Crippen LogP contribution in [0.5, 0.6) is 11.5 Å². The first-order chi connectivity index (χ1) is 12.5. The number of nitrogens with zero attached hydrogens (tertiary/aromatic N) is 1. The Morgan fingerprint density at radius 1 is 1.15 bits per heavy atom. The molecule has 1 aliphatic rings. The zero-order chi connectivity index (χ0) is 18.6. The summed E-state index contributed by atoms with van der Waals surface area (Å²) in [5, 5.41) is 0. The molecule has 0 bridgehead atoms. The summed E-state index contributed by atoms with van der Waals surface area (Å²) in [6, 6.07) is 12.6. The predicted molar refractivity (Wildman–Crippen MR) is 96.4 cm³/mol. The lowest BCUT2D eigenvalue weighted by Crippen LogP contribution is -2.41. The van der Waals surface area contributed by atoms with Gasteiger partial charge in [-0.1, -0.05) is 12.1 Å². The van der Waals surface area contributed by atoms with E-state index >= 15 is 0 Å². The van der Waals surface area contributed by atoms with E-state index in [1.165, 1.54) is 17.5 Å². The van der Waals surface area contributed by atoms with Crippen LogP contribution in [0.15, 0.2) is 53.4 Å². The fraction of sp³-hybridized carbons (Fsp3) is 0.368. The molecule has 1 aliphatic heterocycles. The molecule has 2 aromatic carbocycles. The van der Waals surface area contributed by atoms with Gasteiger partial charge in [0.05, 0.1) is 18.6 Å². The maximum Gasteiger partial charge on any atom is 0.243 e. The zero-order valence-corrected chi connectivity index (χ0v) is 15.4. The molecule has 26 heavy (non-hydrogen) atoms. The maximum atomic E-state index is 13.7. The molecule has 140 valence electrons. The molecule has 0 saturated carbocycles. The van der Waals surface area contributed by atoms with E-state index in [0.29, 0.717) is 18.8 Å². The molecule has 1 saturated heterocycles. The molecule has 7 heteroatoms. The van der Waals surface area contributed by atoms with Crippen LogP contribution >= 0.6 is 0 Å². The second kappa shape index (κ2) is 8.05. The Balaban J connectivity index is 1.66. The SMILES string of the molecule is COc1ccc(S(=O)(=O)N2CCCC(COc3ccccc3F)C2)cc1. The standard InChI is InChI=1S/C19H22FNO4S/c1-24-16-8-10-17(11-9-16)26(22,23)21-12-4-5-15(13-21)14-25-19-7-3-2-6-18(19)20/h2-3,6-11,15H,4-5,12-14H2,1H3. The van der Waals surface area contributed by atoms with Gasteiger partial charge in [0.2, 0.25) is 10.0 Å². The van der Waals surface area contributed by atoms with Gasteiger partial charge < -0.3 is 9.47 Å². The number of rotatable bonds is 6. The minimum Gasteiger partial charge on any atom is -0.497 e. The maximum absolute atomic E-state index is 13.7. The van der Waals surface area contributed by atoms with Crippen molar-refractivity contribution in [2.45, 2.75) is 17.7 Å². The first kappa shape index (κ1) is 18.7. The molecule has 1 heterocycles. The molecule has 0 amide bonds. The summed E-state index contributed by atoms with van der Waals surface area (Å²) in [6.07, 6.45) is 1.60. The summed E-state index contributed by atoms with van der Waals surface area (Å²) in [5.41, 5.74) is 0. The van der Waals surface area contributed by atoms with Crippen molar-refractivity contribution in [3.8, 4) is 11.5 Å². The van der Waals surface area contributed by atoms with Crippen molar-refractivity contribution in [3.05, 3.63) is 54.3 Å². The normalized spacial score (nSPS) is 18.5. The average molecular weight is 379 g/mol. The summed E-state index contributed by atoms with van der Waals surface area (Å²) >= 11 is 0. The van der Waals surface area contributed by atoms with Gasteiger partial charge in [0.15, 0.2) is 11.6 Å². The van der Waals surface area contributed by atoms with Crippen molar-refractivity contribution >= 4 is 10.0 Å². The first-order valence-corrected chi connectivity index (χ1v) is 9.96. The van der Waals surface area contributed by atoms with Crippen molar-refractivity contribution in [1.82, 2.24) is 4.31 Å². The summed E-state index contributed by atoms with van der Waals surface area (Å²) in [7, 11) is -2.03. The molecule has 2 aromatic rings. The van der Waals surface area contributed by atoms with Crippen LogP contribution in [0, 0.1) is 11.7 Å². The van der Waals surface area contributed by atoms with Crippen molar-refractivity contribution in [1.29, 1.82) is 0 Å². The average Bonchev–Trinajstić information content (AvgIpc) is 2.67. The lowest BCUT2D eigenvalue weighted by atomic mass is 10.0. The second-order valence-electron chi connectivity index (χ2n) is 6.29. The van der Waals surface area contributed by atoms with Gasteiger partial charge in [0, 0.05) is 19.0 Å². The van der Waals surface area contributed by atoms with Gasteiger partial charge in [-0.3, -0.25) is 0 Å². The Kier molecular flexibility index (Phi) is 5.78. The fourth-order valence-corrected chi connectivity index (χ4v) is 4.60. The second-order valence-corrected chi connectivity index (χ2v) is 8.23. The predicted octanol–water partition coefficient (Wildman–Crippen LogP) is 3.31. The van der Waals surface area contributed by atoms with E-state index in [4.69, 9.17) is 9.47 Å². The van der Waals surface area contributed by atoms with Crippen molar-refractivity contribution in [2.75, 3.05) is 26.8 Å². The molecule has 5 nitrogen and oxygen atoms in total. The molecule has 1 unspecified atom stereocenters. The molecular weight excluding hydrogens is 357 g/mol. The molecule has 3 rings (SSSR count). The number of hydrogen-bond donors (Lipinski definition) is 0. The van der Waals surface area contributed by atoms with Crippen LogP contribution in [0.3, 0.4) is 0 Å². The molecule has 0 radical (unpaired) electrons. The summed E-state index contributed by atoms with van der Waals surface area (Å²) in [5.74, 6) is 0.420. The van der Waals surface area contributed by atoms with Gasteiger partial charge in [-0.25, -0.2) is 12.8 Å². The minimum absolute atomic E-state index is 0.0244. The van der Waals surface area contributed by atoms with Crippen LogP contribution in [0.25, 0.3) is 0 Å². The Labute approximate surface area is 153 Å². The Hall–Kier alpha value is -2.12. The number of piperidine rings is 1. The minimum atomic E-state index is -3.56. The number of sulfonamides is 1. The number of halogens is 1. The zero-order valence-electron chi connectivity index (χ0n) is 14.6. The van der Waals surface area contributed by atoms with E-state index in [-0.39, 0.29) is 23.2 Å². The Morgan fingerprint density at radius 3 is 2.58 bits per heavy atom. The smallest absolute Gasteiger partial charge is 0.243 e. The number of benzene rings is 2. The number of hydrogen-bond acceptors (Lipinski definition) is 4. The molecule has 0 aliphatic carbocycles. The molecular formula is C19H22FNO4S. The van der Waals surface area contributed by atoms with Crippen LogP contribution < -0.4 is 9.47 Å². The van der Waals surface area contributed by atoms with Crippen LogP contribution in [0.4, 0.5) is 4.39 Å². The number of para-hydroxylation sites is 1. The topological polar surface area (TPSA) is 55.8 Å². The summed E-state index contributed by atoms with van der Waals surface area (Å²) in [6.45, 7) is 1.13. The monoisotopic (exact) mass is 379 g/mol. The first-order valence-electron chi connectivity index (χ1n) is 8.52. The Bertz CT molecular complexity index is 839. The van der Waals surface area contributed by atoms with Crippen molar-refractivity contribution in [3.63, 3.8) is 0 Å². The van der Waals surface area contributed by atoms with Crippen molar-refractivity contribution in [2.24, 2.45) is 5.92 Å². The molecule has 0 N–H and O–H groups in total. The number of ether oxygens (including phenoxy) is 2. The highest BCUT2D eigenvalue weighted by Crippen LogP contribution is 2.26. The number of methoxy groups -OCH3 is 1.